The van der Waals surface area contributed by atoms with Gasteiger partial charge in [-0.15, -0.1) is 0 Å². The van der Waals surface area contributed by atoms with Gasteiger partial charge in [0, 0.05) is 6.42 Å². The molecule has 1 aromatic carbocycles. The maximum atomic E-state index is 11.5. The number of aryl methyl sites for hydroxylation is 2. The van der Waals surface area contributed by atoms with Crippen molar-refractivity contribution in [2.75, 3.05) is 0 Å². The van der Waals surface area contributed by atoms with Gasteiger partial charge in [-0.25, -0.2) is 9.78 Å². The highest BCUT2D eigenvalue weighted by atomic mass is 16.4. The number of hydrogen-bond acceptors (Lipinski definition) is 3. The minimum absolute atomic E-state index is 0.267. The zero-order valence-corrected chi connectivity index (χ0v) is 12.0. The lowest BCUT2D eigenvalue weighted by Crippen LogP contribution is -2.07. The summed E-state index contributed by atoms with van der Waals surface area (Å²) in [5.74, 6) is 1.54. The van der Waals surface area contributed by atoms with Crippen LogP contribution in [0.25, 0.3) is 11.0 Å². The standard InChI is InChI=1S/C16H16N2O3/c1-3-14-17-13-6-4-5-12(16(19)20)15(13)18(14)9-11-8-7-10(2)21-11/h4-8H,3,9H2,1-2H3,(H,19,20). The number of carbonyl (C=O) groups is 1. The fraction of sp³-hybridized carbons (Fsp3) is 0.250. The van der Waals surface area contributed by atoms with Crippen LogP contribution in [0.5, 0.6) is 0 Å². The lowest BCUT2D eigenvalue weighted by atomic mass is 10.2. The summed E-state index contributed by atoms with van der Waals surface area (Å²) >= 11 is 0. The zero-order chi connectivity index (χ0) is 15.0. The number of nitrogens with zero attached hydrogens (tertiary/aromatic N) is 2. The zero-order valence-electron chi connectivity index (χ0n) is 12.0. The number of aromatic nitrogens is 2. The summed E-state index contributed by atoms with van der Waals surface area (Å²) in [6, 6.07) is 8.97. The molecule has 0 aliphatic rings. The predicted octanol–water partition coefficient (Wildman–Crippen LogP) is 3.25. The van der Waals surface area contributed by atoms with Gasteiger partial charge in [0.05, 0.1) is 23.1 Å². The lowest BCUT2D eigenvalue weighted by Gasteiger charge is -2.08. The van der Waals surface area contributed by atoms with Crippen LogP contribution in [0.4, 0.5) is 0 Å². The van der Waals surface area contributed by atoms with E-state index in [2.05, 4.69) is 4.98 Å². The molecule has 1 N–H and O–H groups in total. The van der Waals surface area contributed by atoms with Crippen LogP contribution in [0, 0.1) is 6.92 Å². The first-order valence-corrected chi connectivity index (χ1v) is 6.87. The SMILES string of the molecule is CCc1nc2cccc(C(=O)O)c2n1Cc1ccc(C)o1. The molecule has 21 heavy (non-hydrogen) atoms. The predicted molar refractivity (Wildman–Crippen MR) is 78.6 cm³/mol. The molecule has 0 aliphatic heterocycles. The Morgan fingerprint density at radius 2 is 2.14 bits per heavy atom. The molecule has 3 aromatic rings. The van der Waals surface area contributed by atoms with Gasteiger partial charge in [-0.05, 0) is 31.2 Å². The van der Waals surface area contributed by atoms with Gasteiger partial charge in [-0.1, -0.05) is 13.0 Å². The van der Waals surface area contributed by atoms with Crippen LogP contribution >= 0.6 is 0 Å². The second-order valence-corrected chi connectivity index (χ2v) is 4.96. The molecule has 108 valence electrons. The van der Waals surface area contributed by atoms with E-state index in [-0.39, 0.29) is 5.56 Å². The molecule has 0 bridgehead atoms. The molecule has 5 nitrogen and oxygen atoms in total. The molecule has 0 spiro atoms. The normalized spacial score (nSPS) is 11.1. The number of fused-ring (bicyclic) bond motifs is 1. The molecule has 5 heteroatoms. The third-order valence-electron chi connectivity index (χ3n) is 3.50. The highest BCUT2D eigenvalue weighted by Crippen LogP contribution is 2.23. The quantitative estimate of drug-likeness (QED) is 0.798. The van der Waals surface area contributed by atoms with Gasteiger partial charge in [0.1, 0.15) is 17.3 Å². The molecule has 0 aliphatic carbocycles. The minimum Gasteiger partial charge on any atom is -0.478 e. The summed E-state index contributed by atoms with van der Waals surface area (Å²) in [7, 11) is 0. The molecule has 0 saturated carbocycles. The third kappa shape index (κ3) is 2.31. The molecule has 2 heterocycles. The van der Waals surface area contributed by atoms with Crippen molar-refractivity contribution in [1.82, 2.24) is 9.55 Å². The Kier molecular flexibility index (Phi) is 3.25. The molecule has 0 fully saturated rings. The van der Waals surface area contributed by atoms with Gasteiger partial charge in [-0.2, -0.15) is 0 Å². The number of hydrogen-bond donors (Lipinski definition) is 1. The van der Waals surface area contributed by atoms with E-state index in [1.54, 1.807) is 12.1 Å². The summed E-state index contributed by atoms with van der Waals surface area (Å²) in [6.45, 7) is 4.38. The molecular weight excluding hydrogens is 268 g/mol. The molecule has 0 saturated heterocycles. The fourth-order valence-electron chi connectivity index (χ4n) is 2.57. The van der Waals surface area contributed by atoms with E-state index in [4.69, 9.17) is 4.42 Å². The van der Waals surface area contributed by atoms with E-state index in [0.717, 1.165) is 23.8 Å². The van der Waals surface area contributed by atoms with Gasteiger partial charge in [0.25, 0.3) is 0 Å². The van der Waals surface area contributed by atoms with Crippen LogP contribution in [-0.4, -0.2) is 20.6 Å². The fourth-order valence-corrected chi connectivity index (χ4v) is 2.57. The van der Waals surface area contributed by atoms with Crippen molar-refractivity contribution in [3.63, 3.8) is 0 Å². The maximum absolute atomic E-state index is 11.5. The lowest BCUT2D eigenvalue weighted by molar-refractivity contribution is 0.0698. The molecule has 0 radical (unpaired) electrons. The molecular formula is C16H16N2O3. The van der Waals surface area contributed by atoms with Crippen molar-refractivity contribution in [2.24, 2.45) is 0 Å². The van der Waals surface area contributed by atoms with Crippen LogP contribution in [0.1, 0.15) is 34.6 Å². The van der Waals surface area contributed by atoms with E-state index in [1.165, 1.54) is 0 Å². The molecule has 0 amide bonds. The van der Waals surface area contributed by atoms with Crippen LogP contribution in [-0.2, 0) is 13.0 Å². The number of rotatable bonds is 4. The monoisotopic (exact) mass is 284 g/mol. The van der Waals surface area contributed by atoms with Crippen LogP contribution in [0.2, 0.25) is 0 Å². The molecule has 0 atom stereocenters. The molecule has 2 aromatic heterocycles. The smallest absolute Gasteiger partial charge is 0.337 e. The van der Waals surface area contributed by atoms with Crippen molar-refractivity contribution < 1.29 is 14.3 Å². The Morgan fingerprint density at radius 1 is 1.33 bits per heavy atom. The Hall–Kier alpha value is -2.56. The van der Waals surface area contributed by atoms with E-state index < -0.39 is 5.97 Å². The van der Waals surface area contributed by atoms with Crippen molar-refractivity contribution >= 4 is 17.0 Å². The highest BCUT2D eigenvalue weighted by molar-refractivity contribution is 6.01. The Morgan fingerprint density at radius 3 is 2.76 bits per heavy atom. The number of imidazole rings is 1. The van der Waals surface area contributed by atoms with E-state index >= 15 is 0 Å². The maximum Gasteiger partial charge on any atom is 0.337 e. The van der Waals surface area contributed by atoms with Crippen molar-refractivity contribution in [3.8, 4) is 0 Å². The molecule has 0 unspecified atom stereocenters. The van der Waals surface area contributed by atoms with Gasteiger partial charge < -0.3 is 14.1 Å². The van der Waals surface area contributed by atoms with Gasteiger partial charge in [0.2, 0.25) is 0 Å². The first-order chi connectivity index (χ1) is 10.1. The summed E-state index contributed by atoms with van der Waals surface area (Å²) in [5.41, 5.74) is 1.62. The Labute approximate surface area is 121 Å². The largest absolute Gasteiger partial charge is 0.478 e. The van der Waals surface area contributed by atoms with Crippen LogP contribution < -0.4 is 0 Å². The number of carboxylic acid groups (broad SMARTS) is 1. The number of aromatic carboxylic acids is 1. The number of para-hydroxylation sites is 1. The summed E-state index contributed by atoms with van der Waals surface area (Å²) in [4.78, 5) is 16.0. The second-order valence-electron chi connectivity index (χ2n) is 4.96. The van der Waals surface area contributed by atoms with Crippen LogP contribution in [0.3, 0.4) is 0 Å². The number of furan rings is 1. The van der Waals surface area contributed by atoms with E-state index in [0.29, 0.717) is 17.6 Å². The van der Waals surface area contributed by atoms with Crippen molar-refractivity contribution in [3.05, 3.63) is 53.2 Å². The van der Waals surface area contributed by atoms with Gasteiger partial charge in [0.15, 0.2) is 0 Å². The summed E-state index contributed by atoms with van der Waals surface area (Å²) < 4.78 is 7.54. The Bertz CT molecular complexity index is 814. The highest BCUT2D eigenvalue weighted by Gasteiger charge is 2.17. The molecule has 3 rings (SSSR count). The van der Waals surface area contributed by atoms with Gasteiger partial charge in [-0.3, -0.25) is 0 Å². The topological polar surface area (TPSA) is 68.3 Å². The third-order valence-corrected chi connectivity index (χ3v) is 3.50. The first kappa shape index (κ1) is 13.4. The van der Waals surface area contributed by atoms with E-state index in [9.17, 15) is 9.90 Å². The minimum atomic E-state index is -0.944. The second kappa shape index (κ2) is 5.09. The van der Waals surface area contributed by atoms with Crippen LogP contribution in [0.15, 0.2) is 34.7 Å². The number of carboxylic acids is 1. The Balaban J connectivity index is 2.20. The van der Waals surface area contributed by atoms with Crippen molar-refractivity contribution in [2.45, 2.75) is 26.8 Å². The average Bonchev–Trinajstić information content (AvgIpc) is 3.03. The summed E-state index contributed by atoms with van der Waals surface area (Å²) in [6.07, 6.45) is 0.730. The average molecular weight is 284 g/mol. The first-order valence-electron chi connectivity index (χ1n) is 6.87. The van der Waals surface area contributed by atoms with Crippen molar-refractivity contribution in [1.29, 1.82) is 0 Å². The van der Waals surface area contributed by atoms with Gasteiger partial charge >= 0.3 is 5.97 Å². The number of benzene rings is 1. The van der Waals surface area contributed by atoms with E-state index in [1.807, 2.05) is 36.6 Å². The summed E-state index contributed by atoms with van der Waals surface area (Å²) in [5, 5.41) is 9.39.